The zero-order valence-electron chi connectivity index (χ0n) is 28.7. The first-order valence-electron chi connectivity index (χ1n) is 13.7. The van der Waals surface area contributed by atoms with Crippen LogP contribution in [-0.2, 0) is 104 Å². The van der Waals surface area contributed by atoms with Crippen LogP contribution in [0.15, 0.2) is 144 Å². The monoisotopic (exact) mass is 954 g/mol. The van der Waals surface area contributed by atoms with Crippen molar-refractivity contribution in [3.05, 3.63) is 183 Å². The quantitative estimate of drug-likeness (QED) is 0.102. The molecule has 0 aliphatic heterocycles. The van der Waals surface area contributed by atoms with Crippen LogP contribution < -0.4 is 21.3 Å². The fraction of sp³-hybridized carbons (Fsp3) is 0.111. The molecule has 0 aromatic carbocycles. The molecule has 0 saturated carbocycles. The number of carbonyl (C=O) groups excluding carboxylic acids is 4. The second-order valence-electron chi connectivity index (χ2n) is 8.55. The number of carbonyl (C=O) groups is 4. The van der Waals surface area contributed by atoms with Gasteiger partial charge in [0.25, 0.3) is 0 Å². The van der Waals surface area contributed by atoms with Gasteiger partial charge < -0.3 is 80.9 Å². The summed E-state index contributed by atoms with van der Waals surface area (Å²) in [6.07, 6.45) is 34.2. The summed E-state index contributed by atoms with van der Waals surface area (Å²) in [6, 6.07) is 0. The third kappa shape index (κ3) is 33.5. The average molecular weight is 955 g/mol. The minimum absolute atomic E-state index is 0. The Bertz CT molecular complexity index is 1350. The maximum absolute atomic E-state index is 11.4. The minimum atomic E-state index is -0.000182. The smallest absolute Gasteiger partial charge is 0.187 e. The van der Waals surface area contributed by atoms with E-state index in [0.29, 0.717) is 48.5 Å². The Kier molecular flexibility index (Phi) is 66.8. The molecular weight excluding hydrogens is 919 g/mol. The zero-order chi connectivity index (χ0) is 36.4. The van der Waals surface area contributed by atoms with Crippen LogP contribution in [-0.4, -0.2) is 49.3 Å². The van der Waals surface area contributed by atoms with Crippen LogP contribution in [0.4, 0.5) is 0 Å². The second-order valence-corrected chi connectivity index (χ2v) is 8.55. The third-order valence-electron chi connectivity index (χ3n) is 5.53. The van der Waals surface area contributed by atoms with E-state index in [0.717, 1.165) is 0 Å². The number of nitrogens with zero attached hydrogens (tertiary/aromatic N) is 4. The second kappa shape index (κ2) is 51.3. The van der Waals surface area contributed by atoms with E-state index in [-0.39, 0.29) is 120 Å². The van der Waals surface area contributed by atoms with Crippen molar-refractivity contribution in [3.8, 4) is 0 Å². The van der Waals surface area contributed by atoms with E-state index in [4.69, 9.17) is 47.3 Å². The molecule has 0 spiro atoms. The summed E-state index contributed by atoms with van der Waals surface area (Å²) in [6.45, 7) is 21.6. The molecule has 0 bridgehead atoms. The van der Waals surface area contributed by atoms with Gasteiger partial charge in [-0.1, -0.05) is 48.6 Å². The van der Waals surface area contributed by atoms with Gasteiger partial charge in [0.15, 0.2) is 23.1 Å². The Balaban J connectivity index is -0.0000000838. The average Bonchev–Trinajstić information content (AvgIpc) is 3.14. The fourth-order valence-electron chi connectivity index (χ4n) is 3.42. The van der Waals surface area contributed by atoms with Gasteiger partial charge in [-0.15, -0.1) is 0 Å². The van der Waals surface area contributed by atoms with Crippen LogP contribution in [0.25, 0.3) is 12.3 Å². The molecule has 0 aromatic rings. The van der Waals surface area contributed by atoms with E-state index < -0.39 is 0 Å². The van der Waals surface area contributed by atoms with Crippen molar-refractivity contribution in [2.24, 2.45) is 0 Å². The molecule has 302 valence electrons. The normalized spacial score (nSPS) is 15.4. The van der Waals surface area contributed by atoms with E-state index in [1.165, 1.54) is 24.3 Å². The van der Waals surface area contributed by atoms with Crippen LogP contribution in [0, 0.1) is 47.3 Å². The molecule has 55 heavy (non-hydrogen) atoms. The summed E-state index contributed by atoms with van der Waals surface area (Å²) in [5, 5.41) is 37.2. The SMILES string of the molecule is O=C1C=CC=CC1=CNCCNC=C1C=CC=CC1=O.O=C1C=CC=CC1=CNCCNC=C1C=CC=CC1=O.[C-]#N.[C-]#N.[C-]#N.[C-]#N.[Fe].[Fe].[Fe].[Fe].[NH2-].[NH2-].[Ni]. The molecule has 0 amide bonds. The van der Waals surface area contributed by atoms with Crippen molar-refractivity contribution < 1.29 is 104 Å². The standard InChI is InChI=1S/2C16H16N2O2.4CN.4Fe.2H2N.Ni/c2*19-15-7-3-1-5-13(15)11-17-9-10-18-12-14-6-2-4-8-16(14)20;4*1-2;;;;;;;/h2*1-8,11-12,17-18H,9-10H2;;;;;;;;;2*1H2;/q;;4*-1;;;;;2*-1;. The van der Waals surface area contributed by atoms with Crippen LogP contribution in [0.1, 0.15) is 0 Å². The van der Waals surface area contributed by atoms with Crippen molar-refractivity contribution in [2.75, 3.05) is 26.2 Å². The Morgan fingerprint density at radius 3 is 0.655 bits per heavy atom. The van der Waals surface area contributed by atoms with Gasteiger partial charge in [0, 0.05) is 158 Å². The van der Waals surface area contributed by atoms with Gasteiger partial charge in [0.05, 0.1) is 0 Å². The fourth-order valence-corrected chi connectivity index (χ4v) is 3.42. The molecule has 8 N–H and O–H groups in total. The molecule has 0 unspecified atom stereocenters. The molecule has 0 saturated heterocycles. The van der Waals surface area contributed by atoms with Crippen molar-refractivity contribution in [1.82, 2.24) is 21.3 Å². The van der Waals surface area contributed by atoms with E-state index >= 15 is 0 Å². The summed E-state index contributed by atoms with van der Waals surface area (Å²) in [4.78, 5) is 45.7. The van der Waals surface area contributed by atoms with Gasteiger partial charge in [0.1, 0.15) is 0 Å². The predicted octanol–water partition coefficient (Wildman–Crippen LogP) is 4.45. The van der Waals surface area contributed by atoms with E-state index in [1.807, 2.05) is 24.3 Å². The number of nitrogens with one attached hydrogen (secondary N) is 4. The molecule has 4 aliphatic rings. The van der Waals surface area contributed by atoms with E-state index in [2.05, 4.69) is 21.3 Å². The largest absolute Gasteiger partial charge is 0.693 e. The van der Waals surface area contributed by atoms with E-state index in [1.54, 1.807) is 73.4 Å². The zero-order valence-corrected chi connectivity index (χ0v) is 34.1. The Hall–Kier alpha value is -4.79. The molecule has 4 rings (SSSR count). The number of hydrogen-bond donors (Lipinski definition) is 4. The predicted molar refractivity (Wildman–Crippen MR) is 188 cm³/mol. The first-order chi connectivity index (χ1) is 23.5. The molecule has 0 radical (unpaired) electrons. The van der Waals surface area contributed by atoms with Gasteiger partial charge in [-0.2, -0.15) is 0 Å². The first-order valence-corrected chi connectivity index (χ1v) is 13.7. The van der Waals surface area contributed by atoms with E-state index in [9.17, 15) is 19.2 Å². The summed E-state index contributed by atoms with van der Waals surface area (Å²) in [5.41, 5.74) is 2.56. The summed E-state index contributed by atoms with van der Waals surface area (Å²) >= 11 is 0. The number of allylic oxidation sites excluding steroid dienone is 20. The molecule has 19 heteroatoms. The van der Waals surface area contributed by atoms with Crippen LogP contribution in [0.2, 0.25) is 0 Å². The van der Waals surface area contributed by atoms with Gasteiger partial charge >= 0.3 is 0 Å². The molecule has 14 nitrogen and oxygen atoms in total. The van der Waals surface area contributed by atoms with Gasteiger partial charge in [-0.05, 0) is 48.6 Å². The maximum Gasteiger partial charge on any atom is 0.187 e. The van der Waals surface area contributed by atoms with Gasteiger partial charge in [-0.3, -0.25) is 19.2 Å². The number of rotatable bonds is 10. The Morgan fingerprint density at radius 2 is 0.509 bits per heavy atom. The van der Waals surface area contributed by atoms with Gasteiger partial charge in [-0.25, -0.2) is 0 Å². The molecule has 4 aliphatic carbocycles. The number of hydrogen-bond acceptors (Lipinski definition) is 12. The molecule has 0 atom stereocenters. The van der Waals surface area contributed by atoms with Crippen molar-refractivity contribution in [1.29, 1.82) is 21.0 Å². The number of nitrogens with two attached hydrogens (primary N) is 2. The van der Waals surface area contributed by atoms with Crippen molar-refractivity contribution >= 4 is 23.1 Å². The molecule has 0 aromatic heterocycles. The van der Waals surface area contributed by atoms with Crippen molar-refractivity contribution in [3.63, 3.8) is 0 Å². The molecule has 0 heterocycles. The third-order valence-corrected chi connectivity index (χ3v) is 5.53. The molecular formula is C36H36Fe4N10NiO4-6. The summed E-state index contributed by atoms with van der Waals surface area (Å²) < 4.78 is 0. The van der Waals surface area contributed by atoms with Crippen LogP contribution >= 0.6 is 0 Å². The van der Waals surface area contributed by atoms with Gasteiger partial charge in [0.2, 0.25) is 0 Å². The number of ketones is 4. The topological polar surface area (TPSA) is 279 Å². The van der Waals surface area contributed by atoms with Crippen LogP contribution in [0.5, 0.6) is 0 Å². The Labute approximate surface area is 375 Å². The summed E-state index contributed by atoms with van der Waals surface area (Å²) in [7, 11) is 0. The van der Waals surface area contributed by atoms with Crippen molar-refractivity contribution in [2.45, 2.75) is 0 Å². The summed E-state index contributed by atoms with van der Waals surface area (Å²) in [5.74, 6) is -0.000726. The first kappa shape index (κ1) is 71.6. The Morgan fingerprint density at radius 1 is 0.364 bits per heavy atom. The molecule has 0 fully saturated rings. The minimum Gasteiger partial charge on any atom is -0.693 e. The van der Waals surface area contributed by atoms with Crippen LogP contribution in [0.3, 0.4) is 0 Å². The maximum atomic E-state index is 11.4.